The Bertz CT molecular complexity index is 568. The normalized spacial score (nSPS) is 20.0. The summed E-state index contributed by atoms with van der Waals surface area (Å²) in [5, 5.41) is 0. The number of esters is 1. The third kappa shape index (κ3) is 2.91. The van der Waals surface area contributed by atoms with Gasteiger partial charge in [-0.3, -0.25) is 9.59 Å². The topological polar surface area (TPSA) is 52.6 Å². The summed E-state index contributed by atoms with van der Waals surface area (Å²) in [6.45, 7) is 3.77. The highest BCUT2D eigenvalue weighted by Gasteiger charge is 2.48. The minimum absolute atomic E-state index is 0.110. The van der Waals surface area contributed by atoms with Crippen LogP contribution in [0.5, 0.6) is 5.75 Å². The average Bonchev–Trinajstić information content (AvgIpc) is 3.26. The van der Waals surface area contributed by atoms with Crippen molar-refractivity contribution >= 4 is 11.8 Å². The third-order valence-electron chi connectivity index (χ3n) is 3.72. The summed E-state index contributed by atoms with van der Waals surface area (Å²) in [5.74, 6) is -1.25. The van der Waals surface area contributed by atoms with Crippen LogP contribution >= 0.6 is 0 Å². The monoisotopic (exact) mass is 294 g/mol. The lowest BCUT2D eigenvalue weighted by Crippen LogP contribution is -2.09. The van der Waals surface area contributed by atoms with Crippen LogP contribution in [0.3, 0.4) is 0 Å². The molecule has 21 heavy (non-hydrogen) atoms. The van der Waals surface area contributed by atoms with Crippen LogP contribution in [0.1, 0.15) is 48.5 Å². The van der Waals surface area contributed by atoms with E-state index in [2.05, 4.69) is 0 Å². The molecule has 0 heterocycles. The fraction of sp³-hybridized carbons (Fsp3) is 0.500. The molecule has 0 spiro atoms. The van der Waals surface area contributed by atoms with Crippen LogP contribution < -0.4 is 4.74 Å². The molecule has 1 saturated carbocycles. The van der Waals surface area contributed by atoms with Gasteiger partial charge in [-0.25, -0.2) is 4.39 Å². The Hall–Kier alpha value is -1.91. The molecule has 1 aromatic carbocycles. The SMILES string of the molecule is CCOC(=O)[C@H]1C[C@H]1c1c(F)ccc(C(=O)CC)c1OC. The quantitative estimate of drug-likeness (QED) is 0.597. The number of halogens is 1. The Labute approximate surface area is 123 Å². The van der Waals surface area contributed by atoms with Gasteiger partial charge in [0.1, 0.15) is 11.6 Å². The molecule has 0 aliphatic heterocycles. The molecule has 1 aliphatic rings. The maximum Gasteiger partial charge on any atom is 0.309 e. The van der Waals surface area contributed by atoms with Gasteiger partial charge in [0.25, 0.3) is 0 Å². The molecule has 114 valence electrons. The maximum atomic E-state index is 14.2. The predicted octanol–water partition coefficient (Wildman–Crippen LogP) is 3.09. The van der Waals surface area contributed by atoms with Gasteiger partial charge in [-0.2, -0.15) is 0 Å². The van der Waals surface area contributed by atoms with Crippen molar-refractivity contribution in [3.8, 4) is 5.75 Å². The molecule has 4 nitrogen and oxygen atoms in total. The van der Waals surface area contributed by atoms with Crippen molar-refractivity contribution in [2.75, 3.05) is 13.7 Å². The maximum absolute atomic E-state index is 14.2. The van der Waals surface area contributed by atoms with Gasteiger partial charge in [0.2, 0.25) is 0 Å². The predicted molar refractivity (Wildman–Crippen MR) is 75.1 cm³/mol. The Kier molecular flexibility index (Phi) is 4.60. The molecule has 1 aromatic rings. The Balaban J connectivity index is 2.36. The molecule has 0 bridgehead atoms. The zero-order chi connectivity index (χ0) is 15.6. The number of Topliss-reactive ketones (excluding diaryl/α,β-unsaturated/α-hetero) is 1. The molecule has 0 N–H and O–H groups in total. The van der Waals surface area contributed by atoms with E-state index >= 15 is 0 Å². The first-order valence-corrected chi connectivity index (χ1v) is 7.11. The molecule has 2 atom stereocenters. The minimum Gasteiger partial charge on any atom is -0.496 e. The number of rotatable bonds is 6. The van der Waals surface area contributed by atoms with E-state index in [1.54, 1.807) is 13.8 Å². The Morgan fingerprint density at radius 3 is 2.62 bits per heavy atom. The summed E-state index contributed by atoms with van der Waals surface area (Å²) in [7, 11) is 1.41. The van der Waals surface area contributed by atoms with Gasteiger partial charge in [-0.1, -0.05) is 6.92 Å². The number of benzene rings is 1. The van der Waals surface area contributed by atoms with E-state index in [-0.39, 0.29) is 29.3 Å². The van der Waals surface area contributed by atoms with Gasteiger partial charge in [0, 0.05) is 17.9 Å². The first-order valence-electron chi connectivity index (χ1n) is 7.11. The van der Waals surface area contributed by atoms with E-state index < -0.39 is 5.82 Å². The second kappa shape index (κ2) is 6.24. The lowest BCUT2D eigenvalue weighted by atomic mass is 9.99. The van der Waals surface area contributed by atoms with E-state index in [9.17, 15) is 14.0 Å². The van der Waals surface area contributed by atoms with Crippen LogP contribution in [0, 0.1) is 11.7 Å². The molecule has 1 fully saturated rings. The zero-order valence-electron chi connectivity index (χ0n) is 12.4. The molecule has 5 heteroatoms. The highest BCUT2D eigenvalue weighted by atomic mass is 19.1. The van der Waals surface area contributed by atoms with Crippen LogP contribution in [0.4, 0.5) is 4.39 Å². The minimum atomic E-state index is -0.448. The van der Waals surface area contributed by atoms with Crippen molar-refractivity contribution in [2.45, 2.75) is 32.6 Å². The summed E-state index contributed by atoms with van der Waals surface area (Å²) < 4.78 is 24.4. The summed E-state index contributed by atoms with van der Waals surface area (Å²) in [6, 6.07) is 2.70. The van der Waals surface area contributed by atoms with Crippen molar-refractivity contribution in [3.05, 3.63) is 29.1 Å². The van der Waals surface area contributed by atoms with Crippen LogP contribution in [-0.2, 0) is 9.53 Å². The smallest absolute Gasteiger partial charge is 0.309 e. The largest absolute Gasteiger partial charge is 0.496 e. The molecule has 0 radical (unpaired) electrons. The second-order valence-electron chi connectivity index (χ2n) is 5.02. The molecular formula is C16H19FO4. The zero-order valence-corrected chi connectivity index (χ0v) is 12.4. The van der Waals surface area contributed by atoms with E-state index in [0.717, 1.165) is 0 Å². The molecular weight excluding hydrogens is 275 g/mol. The Morgan fingerprint density at radius 1 is 1.33 bits per heavy atom. The van der Waals surface area contributed by atoms with Crippen molar-refractivity contribution in [2.24, 2.45) is 5.92 Å². The van der Waals surface area contributed by atoms with Crippen molar-refractivity contribution in [1.82, 2.24) is 0 Å². The molecule has 0 amide bonds. The highest BCUT2D eigenvalue weighted by Crippen LogP contribution is 2.52. The molecule has 1 aliphatic carbocycles. The van der Waals surface area contributed by atoms with Gasteiger partial charge in [0.15, 0.2) is 5.78 Å². The molecule has 0 unspecified atom stereocenters. The third-order valence-corrected chi connectivity index (χ3v) is 3.72. The lowest BCUT2D eigenvalue weighted by Gasteiger charge is -2.13. The van der Waals surface area contributed by atoms with Crippen LogP contribution in [-0.4, -0.2) is 25.5 Å². The van der Waals surface area contributed by atoms with Crippen molar-refractivity contribution in [3.63, 3.8) is 0 Å². The highest BCUT2D eigenvalue weighted by molar-refractivity contribution is 5.99. The summed E-state index contributed by atoms with van der Waals surface area (Å²) >= 11 is 0. The van der Waals surface area contributed by atoms with Crippen molar-refractivity contribution < 1.29 is 23.5 Å². The van der Waals surface area contributed by atoms with Crippen LogP contribution in [0.15, 0.2) is 12.1 Å². The number of hydrogen-bond donors (Lipinski definition) is 0. The fourth-order valence-electron chi connectivity index (χ4n) is 2.57. The lowest BCUT2D eigenvalue weighted by molar-refractivity contribution is -0.144. The van der Waals surface area contributed by atoms with Gasteiger partial charge >= 0.3 is 5.97 Å². The average molecular weight is 294 g/mol. The summed E-state index contributed by atoms with van der Waals surface area (Å²) in [6.07, 6.45) is 0.837. The van der Waals surface area contributed by atoms with Gasteiger partial charge in [-0.05, 0) is 25.5 Å². The molecule has 0 aromatic heterocycles. The summed E-state index contributed by atoms with van der Waals surface area (Å²) in [4.78, 5) is 23.6. The van der Waals surface area contributed by atoms with Gasteiger partial charge in [-0.15, -0.1) is 0 Å². The first kappa shape index (κ1) is 15.5. The van der Waals surface area contributed by atoms with E-state index in [4.69, 9.17) is 9.47 Å². The van der Waals surface area contributed by atoms with Crippen molar-refractivity contribution in [1.29, 1.82) is 0 Å². The van der Waals surface area contributed by atoms with E-state index in [1.165, 1.54) is 19.2 Å². The number of ketones is 1. The number of carbonyl (C=O) groups is 2. The standard InChI is InChI=1S/C16H19FO4/c1-4-13(18)9-6-7-12(17)14(15(9)20-3)10-8-11(10)16(19)21-5-2/h6-7,10-11H,4-5,8H2,1-3H3/t10-,11+/m1/s1. The van der Waals surface area contributed by atoms with Crippen LogP contribution in [0.2, 0.25) is 0 Å². The molecule has 0 saturated heterocycles. The van der Waals surface area contributed by atoms with E-state index in [0.29, 0.717) is 30.6 Å². The first-order chi connectivity index (χ1) is 10.0. The number of ether oxygens (including phenoxy) is 2. The number of hydrogen-bond acceptors (Lipinski definition) is 4. The van der Waals surface area contributed by atoms with Gasteiger partial charge < -0.3 is 9.47 Å². The van der Waals surface area contributed by atoms with Crippen LogP contribution in [0.25, 0.3) is 0 Å². The summed E-state index contributed by atoms with van der Waals surface area (Å²) in [5.41, 5.74) is 0.681. The fourth-order valence-corrected chi connectivity index (χ4v) is 2.57. The molecule has 2 rings (SSSR count). The number of carbonyl (C=O) groups excluding carboxylic acids is 2. The van der Waals surface area contributed by atoms with E-state index in [1.807, 2.05) is 0 Å². The second-order valence-corrected chi connectivity index (χ2v) is 5.02. The number of methoxy groups -OCH3 is 1. The van der Waals surface area contributed by atoms with Gasteiger partial charge in [0.05, 0.1) is 25.2 Å². The Morgan fingerprint density at radius 2 is 2.05 bits per heavy atom.